The zero-order valence-electron chi connectivity index (χ0n) is 21.8. The van der Waals surface area contributed by atoms with Crippen LogP contribution in [0.5, 0.6) is 5.75 Å². The number of carbonyl (C=O) groups excluding carboxylic acids is 1. The minimum atomic E-state index is -4.19. The predicted octanol–water partition coefficient (Wildman–Crippen LogP) is 1.03. The first-order chi connectivity index (χ1) is 18.2. The molecule has 0 spiro atoms. The molecule has 1 atom stereocenters. The van der Waals surface area contributed by atoms with Crippen molar-refractivity contribution in [2.45, 2.75) is 37.9 Å². The van der Waals surface area contributed by atoms with Crippen LogP contribution in [0.1, 0.15) is 19.5 Å². The molecule has 2 aromatic rings. The van der Waals surface area contributed by atoms with Gasteiger partial charge in [0.25, 0.3) is 5.91 Å². The highest BCUT2D eigenvalue weighted by Crippen LogP contribution is 2.26. The molecule has 0 saturated heterocycles. The summed E-state index contributed by atoms with van der Waals surface area (Å²) in [6.45, 7) is 4.61. The minimum absolute atomic E-state index is 0.0494. The fourth-order valence-electron chi connectivity index (χ4n) is 3.48. The Morgan fingerprint density at radius 3 is 2.24 bits per heavy atom. The van der Waals surface area contributed by atoms with E-state index in [0.717, 1.165) is 4.31 Å². The standard InChI is InChI=1S/C23H36FN5O8S/c1-18(2)22(23(30)26-31)29(38(32,33)21-6-4-20(34-3)5-7-21)17-19-16-28(27-25-19)9-11-36-13-15-37-14-12-35-10-8-24/h4-7,16,18,22,31H,8-15,17H2,1-3H3,(H,26,30)/t22-/m1/s1/i24-1. The van der Waals surface area contributed by atoms with Gasteiger partial charge in [0.2, 0.25) is 10.0 Å². The summed E-state index contributed by atoms with van der Waals surface area (Å²) in [6.07, 6.45) is 1.56. The molecule has 1 amide bonds. The number of halogens is 1. The molecule has 1 aromatic heterocycles. The van der Waals surface area contributed by atoms with Crippen molar-refractivity contribution in [2.75, 3.05) is 53.4 Å². The summed E-state index contributed by atoms with van der Waals surface area (Å²) in [6, 6.07) is 4.55. The Hall–Kier alpha value is -2.69. The largest absolute Gasteiger partial charge is 0.497 e. The van der Waals surface area contributed by atoms with E-state index in [2.05, 4.69) is 10.3 Å². The highest BCUT2D eigenvalue weighted by molar-refractivity contribution is 7.89. The lowest BCUT2D eigenvalue weighted by atomic mass is 10.0. The van der Waals surface area contributed by atoms with E-state index >= 15 is 0 Å². The quantitative estimate of drug-likeness (QED) is 0.145. The van der Waals surface area contributed by atoms with Gasteiger partial charge in [0, 0.05) is 6.20 Å². The first kappa shape index (κ1) is 31.5. The Labute approximate surface area is 221 Å². The summed E-state index contributed by atoms with van der Waals surface area (Å²) in [4.78, 5) is 12.5. The van der Waals surface area contributed by atoms with Crippen LogP contribution in [0.25, 0.3) is 0 Å². The molecule has 0 aliphatic heterocycles. The van der Waals surface area contributed by atoms with Crippen LogP contribution >= 0.6 is 0 Å². The van der Waals surface area contributed by atoms with Crippen LogP contribution in [0.4, 0.5) is 4.39 Å². The highest BCUT2D eigenvalue weighted by atomic mass is 32.2. The SMILES string of the molecule is COc1ccc(S(=O)(=O)N(Cc2cn(CCOCCOCCOCC[18F])nn2)[C@@H](C(=O)NO)C(C)C)cc1. The molecule has 0 bridgehead atoms. The van der Waals surface area contributed by atoms with Crippen molar-refractivity contribution in [3.05, 3.63) is 36.2 Å². The Kier molecular flexibility index (Phi) is 13.5. The van der Waals surface area contributed by atoms with Crippen molar-refractivity contribution < 1.29 is 41.8 Å². The van der Waals surface area contributed by atoms with Gasteiger partial charge in [-0.2, -0.15) is 4.31 Å². The van der Waals surface area contributed by atoms with E-state index in [9.17, 15) is 22.8 Å². The smallest absolute Gasteiger partial charge is 0.262 e. The van der Waals surface area contributed by atoms with Crippen LogP contribution < -0.4 is 10.2 Å². The second kappa shape index (κ2) is 16.3. The van der Waals surface area contributed by atoms with E-state index in [0.29, 0.717) is 51.0 Å². The number of nitrogens with zero attached hydrogens (tertiary/aromatic N) is 4. The van der Waals surface area contributed by atoms with Crippen LogP contribution in [-0.4, -0.2) is 98.3 Å². The summed E-state index contributed by atoms with van der Waals surface area (Å²) in [5.74, 6) is -0.867. The number of benzene rings is 1. The third kappa shape index (κ3) is 9.56. The molecule has 13 nitrogen and oxygen atoms in total. The Morgan fingerprint density at radius 2 is 1.68 bits per heavy atom. The van der Waals surface area contributed by atoms with Crippen LogP contribution in [0.3, 0.4) is 0 Å². The number of nitrogens with one attached hydrogen (secondary N) is 1. The van der Waals surface area contributed by atoms with Crippen molar-refractivity contribution in [1.29, 1.82) is 0 Å². The minimum Gasteiger partial charge on any atom is -0.497 e. The molecular weight excluding hydrogens is 524 g/mol. The average Bonchev–Trinajstić information content (AvgIpc) is 3.36. The number of amides is 1. The lowest BCUT2D eigenvalue weighted by molar-refractivity contribution is -0.134. The molecule has 214 valence electrons. The number of alkyl halides is 1. The van der Waals surface area contributed by atoms with Gasteiger partial charge in [-0.1, -0.05) is 19.1 Å². The van der Waals surface area contributed by atoms with Crippen LogP contribution in [-0.2, 0) is 42.1 Å². The van der Waals surface area contributed by atoms with Gasteiger partial charge < -0.3 is 18.9 Å². The van der Waals surface area contributed by atoms with E-state index in [1.54, 1.807) is 25.5 Å². The summed E-state index contributed by atoms with van der Waals surface area (Å²) in [5, 5.41) is 17.4. The average molecular weight is 561 g/mol. The molecule has 0 fully saturated rings. The highest BCUT2D eigenvalue weighted by Gasteiger charge is 2.38. The van der Waals surface area contributed by atoms with Gasteiger partial charge in [-0.25, -0.2) is 23.0 Å². The van der Waals surface area contributed by atoms with Crippen molar-refractivity contribution in [3.63, 3.8) is 0 Å². The molecule has 0 aliphatic rings. The van der Waals surface area contributed by atoms with Gasteiger partial charge in [0.1, 0.15) is 18.5 Å². The lowest BCUT2D eigenvalue weighted by Crippen LogP contribution is -2.51. The summed E-state index contributed by atoms with van der Waals surface area (Å²) in [7, 11) is -2.72. The molecule has 15 heteroatoms. The lowest BCUT2D eigenvalue weighted by Gasteiger charge is -2.31. The van der Waals surface area contributed by atoms with Crippen molar-refractivity contribution >= 4 is 15.9 Å². The maximum atomic E-state index is 13.6. The monoisotopic (exact) mass is 560 g/mol. The van der Waals surface area contributed by atoms with Crippen LogP contribution in [0.15, 0.2) is 35.4 Å². The number of ether oxygens (including phenoxy) is 4. The number of carbonyl (C=O) groups is 1. The molecule has 2 rings (SSSR count). The number of rotatable bonds is 19. The van der Waals surface area contributed by atoms with Gasteiger partial charge in [0.15, 0.2) is 0 Å². The van der Waals surface area contributed by atoms with Gasteiger partial charge in [-0.05, 0) is 30.2 Å². The summed E-state index contributed by atoms with van der Waals surface area (Å²) < 4.78 is 62.4. The predicted molar refractivity (Wildman–Crippen MR) is 133 cm³/mol. The van der Waals surface area contributed by atoms with Crippen molar-refractivity contribution in [2.24, 2.45) is 5.92 Å². The number of hydroxylamine groups is 1. The summed E-state index contributed by atoms with van der Waals surface area (Å²) >= 11 is 0. The third-order valence-electron chi connectivity index (χ3n) is 5.32. The molecule has 0 saturated carbocycles. The number of hydrogen-bond acceptors (Lipinski definition) is 10. The maximum absolute atomic E-state index is 13.6. The number of aromatic nitrogens is 3. The second-order valence-corrected chi connectivity index (χ2v) is 10.3. The molecule has 1 aromatic carbocycles. The van der Waals surface area contributed by atoms with E-state index < -0.39 is 34.6 Å². The fourth-order valence-corrected chi connectivity index (χ4v) is 5.17. The topological polar surface area (TPSA) is 154 Å². The third-order valence-corrected chi connectivity index (χ3v) is 7.16. The second-order valence-electron chi connectivity index (χ2n) is 8.39. The first-order valence-corrected chi connectivity index (χ1v) is 13.5. The molecule has 0 aliphatic carbocycles. The van der Waals surface area contributed by atoms with E-state index in [-0.39, 0.29) is 18.0 Å². The van der Waals surface area contributed by atoms with Crippen LogP contribution in [0, 0.1) is 5.92 Å². The molecule has 1 heterocycles. The molecule has 0 unspecified atom stereocenters. The number of methoxy groups -OCH3 is 1. The normalized spacial score (nSPS) is 12.7. The van der Waals surface area contributed by atoms with Crippen molar-refractivity contribution in [3.8, 4) is 5.75 Å². The molecular formula is C23H36FN5O8S. The Balaban J connectivity index is 2.04. The molecule has 38 heavy (non-hydrogen) atoms. The molecule has 0 radical (unpaired) electrons. The number of sulfonamides is 1. The summed E-state index contributed by atoms with van der Waals surface area (Å²) in [5.41, 5.74) is 1.87. The van der Waals surface area contributed by atoms with E-state index in [4.69, 9.17) is 18.9 Å². The zero-order chi connectivity index (χ0) is 28.0. The van der Waals surface area contributed by atoms with Crippen molar-refractivity contribution in [1.82, 2.24) is 24.8 Å². The van der Waals surface area contributed by atoms with E-state index in [1.807, 2.05) is 0 Å². The Morgan fingerprint density at radius 1 is 1.08 bits per heavy atom. The molecule has 2 N–H and O–H groups in total. The zero-order valence-corrected chi connectivity index (χ0v) is 22.6. The van der Waals surface area contributed by atoms with Gasteiger partial charge >= 0.3 is 0 Å². The van der Waals surface area contributed by atoms with Gasteiger partial charge in [-0.3, -0.25) is 10.0 Å². The fraction of sp³-hybridized carbons (Fsp3) is 0.609. The Bertz CT molecular complexity index is 1070. The maximum Gasteiger partial charge on any atom is 0.262 e. The van der Waals surface area contributed by atoms with Gasteiger partial charge in [0.05, 0.1) is 70.4 Å². The van der Waals surface area contributed by atoms with Gasteiger partial charge in [-0.15, -0.1) is 5.10 Å². The van der Waals surface area contributed by atoms with E-state index in [1.165, 1.54) is 36.1 Å². The number of hydrogen-bond donors (Lipinski definition) is 2. The van der Waals surface area contributed by atoms with Crippen LogP contribution in [0.2, 0.25) is 0 Å². The first-order valence-electron chi connectivity index (χ1n) is 12.0.